The lowest BCUT2D eigenvalue weighted by Crippen LogP contribution is -2.56. The third-order valence-electron chi connectivity index (χ3n) is 3.13. The van der Waals surface area contributed by atoms with Gasteiger partial charge in [-0.3, -0.25) is 0 Å². The maximum absolute atomic E-state index is 12.0. The number of hydrogen-bond acceptors (Lipinski definition) is 3. The highest BCUT2D eigenvalue weighted by atomic mass is 16.4. The van der Waals surface area contributed by atoms with Gasteiger partial charge in [-0.1, -0.05) is 20.8 Å². The molecule has 1 fully saturated rings. The van der Waals surface area contributed by atoms with E-state index in [4.69, 9.17) is 10.8 Å². The van der Waals surface area contributed by atoms with Crippen molar-refractivity contribution in [2.24, 2.45) is 11.1 Å². The van der Waals surface area contributed by atoms with E-state index in [2.05, 4.69) is 5.32 Å². The number of aliphatic carboxylic acids is 1. The number of carbonyl (C=O) groups is 2. The largest absolute Gasteiger partial charge is 0.480 e. The summed E-state index contributed by atoms with van der Waals surface area (Å²) in [4.78, 5) is 24.8. The number of rotatable bonds is 2. The van der Waals surface area contributed by atoms with Crippen LogP contribution in [0.1, 0.15) is 33.6 Å². The number of piperidine rings is 1. The van der Waals surface area contributed by atoms with Gasteiger partial charge in [0, 0.05) is 19.1 Å². The summed E-state index contributed by atoms with van der Waals surface area (Å²) in [6.45, 7) is 6.48. The first-order valence-electron chi connectivity index (χ1n) is 6.25. The predicted molar refractivity (Wildman–Crippen MR) is 68.2 cm³/mol. The lowest BCUT2D eigenvalue weighted by Gasteiger charge is -2.34. The van der Waals surface area contributed by atoms with E-state index in [1.807, 2.05) is 0 Å². The molecule has 0 radical (unpaired) electrons. The van der Waals surface area contributed by atoms with Gasteiger partial charge >= 0.3 is 12.0 Å². The quantitative estimate of drug-likeness (QED) is 0.675. The molecule has 4 N–H and O–H groups in total. The van der Waals surface area contributed by atoms with Crippen molar-refractivity contribution < 1.29 is 14.7 Å². The van der Waals surface area contributed by atoms with E-state index < -0.39 is 17.4 Å². The molecule has 0 aromatic rings. The first kappa shape index (κ1) is 14.8. The average Bonchev–Trinajstić information content (AvgIpc) is 2.23. The summed E-state index contributed by atoms with van der Waals surface area (Å²) in [6, 6.07) is -1.25. The molecule has 0 aliphatic carbocycles. The molecular weight excluding hydrogens is 234 g/mol. The zero-order chi connectivity index (χ0) is 13.9. The molecule has 1 heterocycles. The summed E-state index contributed by atoms with van der Waals surface area (Å²) in [6.07, 6.45) is 1.77. The normalized spacial score (nSPS) is 22.4. The molecule has 6 nitrogen and oxygen atoms in total. The number of carbonyl (C=O) groups excluding carboxylic acids is 1. The van der Waals surface area contributed by atoms with Crippen LogP contribution in [0, 0.1) is 5.41 Å². The van der Waals surface area contributed by atoms with Gasteiger partial charge in [0.25, 0.3) is 0 Å². The molecule has 1 rings (SSSR count). The van der Waals surface area contributed by atoms with Crippen molar-refractivity contribution in [3.63, 3.8) is 0 Å². The fraction of sp³-hybridized carbons (Fsp3) is 0.833. The second kappa shape index (κ2) is 5.56. The van der Waals surface area contributed by atoms with Crippen LogP contribution in [0.3, 0.4) is 0 Å². The SMILES string of the molecule is CC(C)(C)C(NC(=O)N1CCCC(N)C1)C(=O)O. The van der Waals surface area contributed by atoms with Crippen molar-refractivity contribution >= 4 is 12.0 Å². The minimum atomic E-state index is -1.02. The first-order chi connectivity index (χ1) is 8.21. The topological polar surface area (TPSA) is 95.7 Å². The summed E-state index contributed by atoms with van der Waals surface area (Å²) in [5.41, 5.74) is 5.27. The number of carboxylic acid groups (broad SMARTS) is 1. The van der Waals surface area contributed by atoms with Gasteiger partial charge in [-0.2, -0.15) is 0 Å². The number of nitrogens with two attached hydrogens (primary N) is 1. The van der Waals surface area contributed by atoms with Gasteiger partial charge in [-0.15, -0.1) is 0 Å². The minimum absolute atomic E-state index is 0.0117. The molecule has 18 heavy (non-hydrogen) atoms. The molecule has 1 saturated heterocycles. The van der Waals surface area contributed by atoms with E-state index in [9.17, 15) is 9.59 Å². The molecule has 2 atom stereocenters. The van der Waals surface area contributed by atoms with Crippen LogP contribution in [0.5, 0.6) is 0 Å². The number of likely N-dealkylation sites (tertiary alicyclic amines) is 1. The maximum Gasteiger partial charge on any atom is 0.326 e. The van der Waals surface area contributed by atoms with Crippen LogP contribution < -0.4 is 11.1 Å². The van der Waals surface area contributed by atoms with Crippen LogP contribution >= 0.6 is 0 Å². The van der Waals surface area contributed by atoms with Gasteiger partial charge in [0.1, 0.15) is 6.04 Å². The number of hydrogen-bond donors (Lipinski definition) is 3. The van der Waals surface area contributed by atoms with Gasteiger partial charge in [0.05, 0.1) is 0 Å². The van der Waals surface area contributed by atoms with E-state index in [0.717, 1.165) is 12.8 Å². The van der Waals surface area contributed by atoms with Crippen molar-refractivity contribution in [2.75, 3.05) is 13.1 Å². The van der Waals surface area contributed by atoms with E-state index in [1.165, 1.54) is 0 Å². The smallest absolute Gasteiger partial charge is 0.326 e. The van der Waals surface area contributed by atoms with Crippen LogP contribution in [-0.4, -0.2) is 47.2 Å². The van der Waals surface area contributed by atoms with Crippen molar-refractivity contribution in [1.29, 1.82) is 0 Å². The third kappa shape index (κ3) is 3.87. The van der Waals surface area contributed by atoms with Gasteiger partial charge in [-0.05, 0) is 18.3 Å². The lowest BCUT2D eigenvalue weighted by molar-refractivity contribution is -0.142. The Kier molecular flexibility index (Phi) is 4.56. The summed E-state index contributed by atoms with van der Waals surface area (Å²) >= 11 is 0. The predicted octanol–water partition coefficient (Wildman–Crippen LogP) is 0.618. The molecule has 0 bridgehead atoms. The Labute approximate surface area is 108 Å². The van der Waals surface area contributed by atoms with Gasteiger partial charge < -0.3 is 21.1 Å². The summed E-state index contributed by atoms with van der Waals surface area (Å²) in [7, 11) is 0. The maximum atomic E-state index is 12.0. The molecule has 0 aromatic heterocycles. The molecule has 2 unspecified atom stereocenters. The summed E-state index contributed by atoms with van der Waals surface area (Å²) < 4.78 is 0. The average molecular weight is 257 g/mol. The van der Waals surface area contributed by atoms with Gasteiger partial charge in [-0.25, -0.2) is 9.59 Å². The van der Waals surface area contributed by atoms with Crippen LogP contribution in [0.25, 0.3) is 0 Å². The molecule has 2 amide bonds. The molecule has 104 valence electrons. The van der Waals surface area contributed by atoms with Crippen LogP contribution in [0.15, 0.2) is 0 Å². The molecule has 1 aliphatic heterocycles. The van der Waals surface area contributed by atoms with E-state index in [0.29, 0.717) is 13.1 Å². The van der Waals surface area contributed by atoms with Crippen molar-refractivity contribution in [3.8, 4) is 0 Å². The van der Waals surface area contributed by atoms with E-state index in [-0.39, 0.29) is 12.1 Å². The molecule has 0 spiro atoms. The van der Waals surface area contributed by atoms with E-state index in [1.54, 1.807) is 25.7 Å². The Balaban J connectivity index is 2.64. The van der Waals surface area contributed by atoms with Crippen LogP contribution in [0.2, 0.25) is 0 Å². The summed E-state index contributed by atoms with van der Waals surface area (Å²) in [5.74, 6) is -1.02. The lowest BCUT2D eigenvalue weighted by atomic mass is 9.87. The molecular formula is C12H23N3O3. The Morgan fingerprint density at radius 2 is 2.06 bits per heavy atom. The van der Waals surface area contributed by atoms with Crippen molar-refractivity contribution in [3.05, 3.63) is 0 Å². The van der Waals surface area contributed by atoms with E-state index >= 15 is 0 Å². The minimum Gasteiger partial charge on any atom is -0.480 e. The standard InChI is InChI=1S/C12H23N3O3/c1-12(2,3)9(10(16)17)14-11(18)15-6-4-5-8(13)7-15/h8-9H,4-7,13H2,1-3H3,(H,14,18)(H,16,17). The van der Waals surface area contributed by atoms with Crippen molar-refractivity contribution in [1.82, 2.24) is 10.2 Å². The molecule has 0 aromatic carbocycles. The number of amides is 2. The van der Waals surface area contributed by atoms with Crippen LogP contribution in [-0.2, 0) is 4.79 Å². The number of nitrogens with one attached hydrogen (secondary N) is 1. The Hall–Kier alpha value is -1.30. The Morgan fingerprint density at radius 1 is 1.44 bits per heavy atom. The van der Waals surface area contributed by atoms with Gasteiger partial charge in [0.2, 0.25) is 0 Å². The number of urea groups is 1. The zero-order valence-corrected chi connectivity index (χ0v) is 11.3. The zero-order valence-electron chi connectivity index (χ0n) is 11.3. The number of carboxylic acids is 1. The van der Waals surface area contributed by atoms with Crippen LogP contribution in [0.4, 0.5) is 4.79 Å². The fourth-order valence-corrected chi connectivity index (χ4v) is 2.06. The summed E-state index contributed by atoms with van der Waals surface area (Å²) in [5, 5.41) is 11.7. The highest BCUT2D eigenvalue weighted by Crippen LogP contribution is 2.20. The highest BCUT2D eigenvalue weighted by molar-refractivity contribution is 5.83. The first-order valence-corrected chi connectivity index (χ1v) is 6.25. The second-order valence-corrected chi connectivity index (χ2v) is 5.94. The highest BCUT2D eigenvalue weighted by Gasteiger charge is 2.34. The molecule has 1 aliphatic rings. The number of nitrogens with zero attached hydrogens (tertiary/aromatic N) is 1. The van der Waals surface area contributed by atoms with Crippen molar-refractivity contribution in [2.45, 2.75) is 45.7 Å². The Morgan fingerprint density at radius 3 is 2.50 bits per heavy atom. The third-order valence-corrected chi connectivity index (χ3v) is 3.13. The molecule has 0 saturated carbocycles. The Bertz CT molecular complexity index is 325. The monoisotopic (exact) mass is 257 g/mol. The second-order valence-electron chi connectivity index (χ2n) is 5.94. The van der Waals surface area contributed by atoms with Gasteiger partial charge in [0.15, 0.2) is 0 Å². The fourth-order valence-electron chi connectivity index (χ4n) is 2.06. The molecule has 6 heteroatoms.